The first-order valence-electron chi connectivity index (χ1n) is 10.6. The van der Waals surface area contributed by atoms with E-state index in [1.807, 2.05) is 36.5 Å². The first-order valence-corrected chi connectivity index (χ1v) is 10.6. The van der Waals surface area contributed by atoms with Gasteiger partial charge in [0, 0.05) is 49.0 Å². The summed E-state index contributed by atoms with van der Waals surface area (Å²) >= 11 is 0. The lowest BCUT2D eigenvalue weighted by molar-refractivity contribution is 0.144. The van der Waals surface area contributed by atoms with Crippen molar-refractivity contribution in [2.45, 2.75) is 19.3 Å². The number of rotatable bonds is 7. The Morgan fingerprint density at radius 3 is 2.58 bits per heavy atom. The highest BCUT2D eigenvalue weighted by Crippen LogP contribution is 2.25. The molecular weight excluding hydrogens is 392 g/mol. The van der Waals surface area contributed by atoms with Gasteiger partial charge in [-0.1, -0.05) is 0 Å². The molecule has 7 heteroatoms. The van der Waals surface area contributed by atoms with Gasteiger partial charge in [0.2, 0.25) is 0 Å². The summed E-state index contributed by atoms with van der Waals surface area (Å²) in [6.45, 7) is 5.17. The number of nitrogens with one attached hydrogen (secondary N) is 1. The summed E-state index contributed by atoms with van der Waals surface area (Å²) in [5, 5.41) is 18.8. The minimum atomic E-state index is -1.30. The number of anilines is 1. The summed E-state index contributed by atoms with van der Waals surface area (Å²) in [5.41, 5.74) is 4.07. The minimum Gasteiger partial charge on any atom is -0.449 e. The second-order valence-corrected chi connectivity index (χ2v) is 7.83. The van der Waals surface area contributed by atoms with Gasteiger partial charge in [-0.3, -0.25) is 4.90 Å². The third-order valence-electron chi connectivity index (χ3n) is 5.85. The van der Waals surface area contributed by atoms with Crippen LogP contribution < -0.4 is 9.64 Å². The topological polar surface area (TPSA) is 92.6 Å². The minimum absolute atomic E-state index is 0.348. The number of carbonyl (C=O) groups is 1. The number of nitrogens with zero attached hydrogens (tertiary/aromatic N) is 3. The van der Waals surface area contributed by atoms with Gasteiger partial charge >= 0.3 is 6.16 Å². The van der Waals surface area contributed by atoms with Gasteiger partial charge in [0.05, 0.1) is 11.6 Å². The van der Waals surface area contributed by atoms with Crippen LogP contribution in [-0.4, -0.2) is 53.9 Å². The van der Waals surface area contributed by atoms with Gasteiger partial charge in [-0.25, -0.2) is 4.79 Å². The summed E-state index contributed by atoms with van der Waals surface area (Å²) in [5.74, 6) is 0.348. The van der Waals surface area contributed by atoms with E-state index in [0.29, 0.717) is 11.3 Å². The number of unbranched alkanes of at least 4 members (excludes halogenated alkanes) is 1. The Labute approximate surface area is 181 Å². The Bertz CT molecular complexity index is 1080. The maximum atomic E-state index is 10.8. The van der Waals surface area contributed by atoms with Crippen molar-refractivity contribution >= 4 is 22.7 Å². The van der Waals surface area contributed by atoms with Gasteiger partial charge in [0.1, 0.15) is 5.75 Å². The number of ether oxygens (including phenoxy) is 1. The summed E-state index contributed by atoms with van der Waals surface area (Å²) in [4.78, 5) is 18.9. The molecule has 3 aromatic rings. The van der Waals surface area contributed by atoms with Crippen molar-refractivity contribution in [3.63, 3.8) is 0 Å². The number of carboxylic acid groups (broad SMARTS) is 1. The van der Waals surface area contributed by atoms with E-state index in [2.05, 4.69) is 20.9 Å². The smallest absolute Gasteiger partial charge is 0.449 e. The number of hydrogen-bond acceptors (Lipinski definition) is 5. The summed E-state index contributed by atoms with van der Waals surface area (Å²) < 4.78 is 4.78. The van der Waals surface area contributed by atoms with Crippen LogP contribution in [0.15, 0.2) is 48.7 Å². The zero-order chi connectivity index (χ0) is 21.6. The standard InChI is InChI=1S/C24H26N4O3/c25-16-18-4-6-20(7-5-18)28-13-11-27(12-14-28)10-2-1-3-19-17-26-23-9-8-21(15-22(19)23)31-24(29)30/h4-9,15,17,26H,1-3,10-14H2,(H,29,30). The molecule has 0 atom stereocenters. The summed E-state index contributed by atoms with van der Waals surface area (Å²) in [7, 11) is 0. The van der Waals surface area contributed by atoms with Gasteiger partial charge in [-0.2, -0.15) is 5.26 Å². The Morgan fingerprint density at radius 2 is 1.87 bits per heavy atom. The number of aromatic nitrogens is 1. The zero-order valence-corrected chi connectivity index (χ0v) is 17.4. The molecule has 1 saturated heterocycles. The highest BCUT2D eigenvalue weighted by Gasteiger charge is 2.17. The third-order valence-corrected chi connectivity index (χ3v) is 5.85. The molecule has 7 nitrogen and oxygen atoms in total. The van der Waals surface area contributed by atoms with Crippen molar-refractivity contribution in [3.05, 3.63) is 59.8 Å². The molecule has 0 saturated carbocycles. The van der Waals surface area contributed by atoms with Gasteiger partial charge in [-0.05, 0) is 73.8 Å². The quantitative estimate of drug-likeness (QED) is 0.339. The molecule has 0 unspecified atom stereocenters. The van der Waals surface area contributed by atoms with E-state index in [-0.39, 0.29) is 0 Å². The van der Waals surface area contributed by atoms with Crippen LogP contribution >= 0.6 is 0 Å². The second-order valence-electron chi connectivity index (χ2n) is 7.83. The predicted octanol–water partition coefficient (Wildman–Crippen LogP) is 4.24. The number of benzene rings is 2. The molecule has 1 aliphatic heterocycles. The molecule has 0 bridgehead atoms. The number of hydrogen-bond donors (Lipinski definition) is 2. The van der Waals surface area contributed by atoms with Crippen LogP contribution in [0.25, 0.3) is 10.9 Å². The van der Waals surface area contributed by atoms with Crippen molar-refractivity contribution in [2.24, 2.45) is 0 Å². The van der Waals surface area contributed by atoms with E-state index in [9.17, 15) is 4.79 Å². The van der Waals surface area contributed by atoms with Crippen molar-refractivity contribution in [2.75, 3.05) is 37.6 Å². The predicted molar refractivity (Wildman–Crippen MR) is 120 cm³/mol. The molecule has 0 amide bonds. The fourth-order valence-corrected chi connectivity index (χ4v) is 4.16. The molecule has 1 aliphatic rings. The van der Waals surface area contributed by atoms with E-state index >= 15 is 0 Å². The fourth-order valence-electron chi connectivity index (χ4n) is 4.16. The molecule has 1 fully saturated rings. The zero-order valence-electron chi connectivity index (χ0n) is 17.4. The SMILES string of the molecule is N#Cc1ccc(N2CCN(CCCCc3c[nH]c4ccc(OC(=O)O)cc34)CC2)cc1. The summed E-state index contributed by atoms with van der Waals surface area (Å²) in [6.07, 6.45) is 3.85. The van der Waals surface area contributed by atoms with Crippen LogP contribution in [0, 0.1) is 11.3 Å². The second kappa shape index (κ2) is 9.54. The van der Waals surface area contributed by atoms with Gasteiger partial charge in [-0.15, -0.1) is 0 Å². The maximum Gasteiger partial charge on any atom is 0.511 e. The Hall–Kier alpha value is -3.50. The van der Waals surface area contributed by atoms with Crippen LogP contribution in [0.5, 0.6) is 5.75 Å². The monoisotopic (exact) mass is 418 g/mol. The van der Waals surface area contributed by atoms with Crippen LogP contribution in [0.3, 0.4) is 0 Å². The first kappa shape index (κ1) is 20.8. The number of piperazine rings is 1. The van der Waals surface area contributed by atoms with Crippen molar-refractivity contribution < 1.29 is 14.6 Å². The van der Waals surface area contributed by atoms with Crippen LogP contribution in [0.2, 0.25) is 0 Å². The summed E-state index contributed by atoms with van der Waals surface area (Å²) in [6, 6.07) is 15.3. The van der Waals surface area contributed by atoms with Crippen molar-refractivity contribution in [1.82, 2.24) is 9.88 Å². The van der Waals surface area contributed by atoms with E-state index in [1.54, 1.807) is 12.1 Å². The third kappa shape index (κ3) is 5.16. The molecule has 1 aromatic heterocycles. The number of aromatic amines is 1. The van der Waals surface area contributed by atoms with Gasteiger partial charge in [0.15, 0.2) is 0 Å². The largest absolute Gasteiger partial charge is 0.511 e. The van der Waals surface area contributed by atoms with Crippen LogP contribution in [-0.2, 0) is 6.42 Å². The lowest BCUT2D eigenvalue weighted by atomic mass is 10.1. The molecule has 2 heterocycles. The lowest BCUT2D eigenvalue weighted by Gasteiger charge is -2.36. The molecule has 4 rings (SSSR count). The van der Waals surface area contributed by atoms with Crippen molar-refractivity contribution in [3.8, 4) is 11.8 Å². The lowest BCUT2D eigenvalue weighted by Crippen LogP contribution is -2.46. The van der Waals surface area contributed by atoms with E-state index in [0.717, 1.165) is 62.9 Å². The Morgan fingerprint density at radius 1 is 1.10 bits per heavy atom. The van der Waals surface area contributed by atoms with Gasteiger partial charge in [0.25, 0.3) is 0 Å². The average Bonchev–Trinajstić information content (AvgIpc) is 3.19. The number of nitriles is 1. The molecule has 0 radical (unpaired) electrons. The normalized spacial score (nSPS) is 14.5. The molecule has 2 N–H and O–H groups in total. The fraction of sp³-hybridized carbons (Fsp3) is 0.333. The van der Waals surface area contributed by atoms with E-state index in [1.165, 1.54) is 11.3 Å². The highest BCUT2D eigenvalue weighted by molar-refractivity contribution is 5.85. The first-order chi connectivity index (χ1) is 15.1. The Balaban J connectivity index is 1.22. The van der Waals surface area contributed by atoms with E-state index < -0.39 is 6.16 Å². The molecule has 0 aliphatic carbocycles. The molecular formula is C24H26N4O3. The molecule has 31 heavy (non-hydrogen) atoms. The molecule has 160 valence electrons. The molecule has 0 spiro atoms. The number of aryl methyl sites for hydroxylation is 1. The van der Waals surface area contributed by atoms with Gasteiger partial charge < -0.3 is 19.7 Å². The van der Waals surface area contributed by atoms with E-state index in [4.69, 9.17) is 15.1 Å². The molecule has 2 aromatic carbocycles. The number of fused-ring (bicyclic) bond motifs is 1. The van der Waals surface area contributed by atoms with Crippen LogP contribution in [0.4, 0.5) is 10.5 Å². The van der Waals surface area contributed by atoms with Crippen molar-refractivity contribution in [1.29, 1.82) is 5.26 Å². The number of H-pyrrole nitrogens is 1. The maximum absolute atomic E-state index is 10.8. The average molecular weight is 418 g/mol. The van der Waals surface area contributed by atoms with Crippen LogP contribution in [0.1, 0.15) is 24.0 Å². The highest BCUT2D eigenvalue weighted by atomic mass is 16.7. The Kier molecular flexibility index (Phi) is 6.39.